The number of rotatable bonds is 4. The van der Waals surface area contributed by atoms with Crippen LogP contribution in [0.1, 0.15) is 41.0 Å². The third kappa shape index (κ3) is 6.62. The Hall–Kier alpha value is -1.93. The highest BCUT2D eigenvalue weighted by molar-refractivity contribution is 6.29. The third-order valence-electron chi connectivity index (χ3n) is 4.16. The van der Waals surface area contributed by atoms with E-state index in [9.17, 15) is 9.59 Å². The van der Waals surface area contributed by atoms with E-state index in [2.05, 4.69) is 20.2 Å². The molecule has 27 heavy (non-hydrogen) atoms. The van der Waals surface area contributed by atoms with Gasteiger partial charge in [0.25, 0.3) is 0 Å². The molecule has 2 rings (SSSR count). The molecule has 1 fully saturated rings. The van der Waals surface area contributed by atoms with Crippen LogP contribution in [-0.2, 0) is 9.53 Å². The lowest BCUT2D eigenvalue weighted by atomic mass is 10.1. The molecule has 0 bridgehead atoms. The molecule has 0 aromatic carbocycles. The number of carbonyl (C=O) groups excluding carboxylic acids is 2. The Morgan fingerprint density at radius 2 is 1.89 bits per heavy atom. The number of amides is 2. The Balaban J connectivity index is 1.84. The van der Waals surface area contributed by atoms with Crippen molar-refractivity contribution >= 4 is 29.4 Å². The van der Waals surface area contributed by atoms with Gasteiger partial charge in [0.2, 0.25) is 5.91 Å². The summed E-state index contributed by atoms with van der Waals surface area (Å²) in [6.45, 7) is 11.6. The van der Waals surface area contributed by atoms with Crippen molar-refractivity contribution in [2.24, 2.45) is 0 Å². The average molecular weight is 398 g/mol. The van der Waals surface area contributed by atoms with Crippen molar-refractivity contribution in [1.82, 2.24) is 19.8 Å². The molecule has 1 saturated heterocycles. The molecule has 0 saturated carbocycles. The quantitative estimate of drug-likeness (QED) is 0.786. The Kier molecular flexibility index (Phi) is 7.00. The molecule has 0 spiro atoms. The molecule has 1 aromatic heterocycles. The summed E-state index contributed by atoms with van der Waals surface area (Å²) in [4.78, 5) is 36.3. The van der Waals surface area contributed by atoms with Crippen LogP contribution in [0.15, 0.2) is 12.4 Å². The number of nitrogens with one attached hydrogen (secondary N) is 1. The molecular weight excluding hydrogens is 370 g/mol. The number of hydrogen-bond acceptors (Lipinski definition) is 6. The van der Waals surface area contributed by atoms with Gasteiger partial charge in [0.05, 0.1) is 0 Å². The number of carbonyl (C=O) groups is 2. The molecule has 150 valence electrons. The molecule has 2 heterocycles. The van der Waals surface area contributed by atoms with E-state index in [0.29, 0.717) is 31.9 Å². The maximum absolute atomic E-state index is 12.4. The van der Waals surface area contributed by atoms with Gasteiger partial charge in [-0.3, -0.25) is 9.69 Å². The molecule has 8 nitrogen and oxygen atoms in total. The monoisotopic (exact) mass is 397 g/mol. The highest BCUT2D eigenvalue weighted by Gasteiger charge is 2.35. The van der Waals surface area contributed by atoms with Crippen molar-refractivity contribution in [3.63, 3.8) is 0 Å². The smallest absolute Gasteiger partial charge is 0.410 e. The number of nitrogens with zero attached hydrogens (tertiary/aromatic N) is 4. The van der Waals surface area contributed by atoms with Crippen LogP contribution in [0.2, 0.25) is 5.15 Å². The average Bonchev–Trinajstić information content (AvgIpc) is 2.50. The largest absolute Gasteiger partial charge is 0.444 e. The van der Waals surface area contributed by atoms with E-state index < -0.39 is 5.60 Å². The SMILES string of the molecule is CC1CN(CCC(=O)Nc2cc(Cl)ncn2)CC(C)N1C(=O)OC(C)(C)C. The Morgan fingerprint density at radius 1 is 1.26 bits per heavy atom. The van der Waals surface area contributed by atoms with E-state index in [1.54, 1.807) is 4.90 Å². The van der Waals surface area contributed by atoms with Crippen molar-refractivity contribution in [2.45, 2.75) is 58.7 Å². The number of piperazine rings is 1. The molecular formula is C18H28ClN5O3. The fourth-order valence-electron chi connectivity index (χ4n) is 3.16. The Labute approximate surface area is 165 Å². The number of hydrogen-bond donors (Lipinski definition) is 1. The minimum Gasteiger partial charge on any atom is -0.444 e. The van der Waals surface area contributed by atoms with Crippen LogP contribution < -0.4 is 5.32 Å². The lowest BCUT2D eigenvalue weighted by molar-refractivity contribution is -0.116. The molecule has 0 radical (unpaired) electrons. The minimum atomic E-state index is -0.518. The minimum absolute atomic E-state index is 0.00679. The predicted octanol–water partition coefficient (Wildman–Crippen LogP) is 2.79. The predicted molar refractivity (Wildman–Crippen MR) is 104 cm³/mol. The van der Waals surface area contributed by atoms with Gasteiger partial charge >= 0.3 is 6.09 Å². The van der Waals surface area contributed by atoms with Gasteiger partial charge in [-0.1, -0.05) is 11.6 Å². The van der Waals surface area contributed by atoms with Gasteiger partial charge in [0, 0.05) is 44.2 Å². The maximum Gasteiger partial charge on any atom is 0.410 e. The summed E-state index contributed by atoms with van der Waals surface area (Å²) in [7, 11) is 0. The second-order valence-corrected chi connectivity index (χ2v) is 8.26. The fraction of sp³-hybridized carbons (Fsp3) is 0.667. The van der Waals surface area contributed by atoms with Gasteiger partial charge in [0.15, 0.2) is 0 Å². The zero-order chi connectivity index (χ0) is 20.2. The first kappa shape index (κ1) is 21.4. The van der Waals surface area contributed by atoms with Crippen LogP contribution in [0.5, 0.6) is 0 Å². The molecule has 1 N–H and O–H groups in total. The molecule has 1 aliphatic rings. The molecule has 1 aliphatic heterocycles. The molecule has 2 unspecified atom stereocenters. The van der Waals surface area contributed by atoms with E-state index in [-0.39, 0.29) is 29.2 Å². The van der Waals surface area contributed by atoms with E-state index in [0.717, 1.165) is 0 Å². The molecule has 2 amide bonds. The van der Waals surface area contributed by atoms with Crippen LogP contribution >= 0.6 is 11.6 Å². The topological polar surface area (TPSA) is 87.7 Å². The first-order valence-electron chi connectivity index (χ1n) is 9.06. The highest BCUT2D eigenvalue weighted by atomic mass is 35.5. The van der Waals surface area contributed by atoms with Gasteiger partial charge < -0.3 is 15.0 Å². The van der Waals surface area contributed by atoms with E-state index in [1.807, 2.05) is 34.6 Å². The van der Waals surface area contributed by atoms with Crippen molar-refractivity contribution < 1.29 is 14.3 Å². The van der Waals surface area contributed by atoms with Crippen LogP contribution in [0.25, 0.3) is 0 Å². The summed E-state index contributed by atoms with van der Waals surface area (Å²) in [5.74, 6) is 0.246. The zero-order valence-corrected chi connectivity index (χ0v) is 17.3. The van der Waals surface area contributed by atoms with Gasteiger partial charge in [-0.25, -0.2) is 14.8 Å². The van der Waals surface area contributed by atoms with Crippen molar-refractivity contribution in [2.75, 3.05) is 25.0 Å². The maximum atomic E-state index is 12.4. The lowest BCUT2D eigenvalue weighted by Crippen LogP contribution is -2.59. The van der Waals surface area contributed by atoms with Crippen LogP contribution in [0, 0.1) is 0 Å². The van der Waals surface area contributed by atoms with Gasteiger partial charge in [-0.15, -0.1) is 0 Å². The van der Waals surface area contributed by atoms with Gasteiger partial charge in [-0.2, -0.15) is 0 Å². The van der Waals surface area contributed by atoms with Crippen LogP contribution in [-0.4, -0.2) is 69.1 Å². The zero-order valence-electron chi connectivity index (χ0n) is 16.5. The number of ether oxygens (including phenoxy) is 1. The number of halogens is 1. The number of aromatic nitrogens is 2. The summed E-state index contributed by atoms with van der Waals surface area (Å²) >= 11 is 5.79. The van der Waals surface area contributed by atoms with Crippen LogP contribution in [0.4, 0.5) is 10.6 Å². The van der Waals surface area contributed by atoms with Crippen molar-refractivity contribution in [1.29, 1.82) is 0 Å². The number of anilines is 1. The molecule has 9 heteroatoms. The van der Waals surface area contributed by atoms with Crippen LogP contribution in [0.3, 0.4) is 0 Å². The van der Waals surface area contributed by atoms with Gasteiger partial charge in [-0.05, 0) is 34.6 Å². The molecule has 2 atom stereocenters. The standard InChI is InChI=1S/C18H28ClN5O3/c1-12-9-23(10-13(2)24(12)17(26)27-18(3,4)5)7-6-16(25)22-15-8-14(19)20-11-21-15/h8,11-13H,6-7,9-10H2,1-5H3,(H,20,21,22,25). The fourth-order valence-corrected chi connectivity index (χ4v) is 3.30. The summed E-state index contributed by atoms with van der Waals surface area (Å²) in [6, 6.07) is 1.52. The summed E-state index contributed by atoms with van der Waals surface area (Å²) in [6.07, 6.45) is 1.34. The third-order valence-corrected chi connectivity index (χ3v) is 4.36. The normalized spacial score (nSPS) is 21.0. The Bertz CT molecular complexity index is 667. The summed E-state index contributed by atoms with van der Waals surface area (Å²) in [5.41, 5.74) is -0.518. The van der Waals surface area contributed by atoms with Crippen molar-refractivity contribution in [3.8, 4) is 0 Å². The lowest BCUT2D eigenvalue weighted by Gasteiger charge is -2.44. The van der Waals surface area contributed by atoms with E-state index >= 15 is 0 Å². The summed E-state index contributed by atoms with van der Waals surface area (Å²) < 4.78 is 5.51. The Morgan fingerprint density at radius 3 is 2.44 bits per heavy atom. The molecule has 1 aromatic rings. The van der Waals surface area contributed by atoms with Crippen molar-refractivity contribution in [3.05, 3.63) is 17.5 Å². The second-order valence-electron chi connectivity index (χ2n) is 7.87. The summed E-state index contributed by atoms with van der Waals surface area (Å²) in [5, 5.41) is 2.99. The second kappa shape index (κ2) is 8.84. The molecule has 0 aliphatic carbocycles. The first-order valence-corrected chi connectivity index (χ1v) is 9.44. The van der Waals surface area contributed by atoms with E-state index in [4.69, 9.17) is 16.3 Å². The first-order chi connectivity index (χ1) is 12.5. The van der Waals surface area contributed by atoms with E-state index in [1.165, 1.54) is 12.4 Å². The highest BCUT2D eigenvalue weighted by Crippen LogP contribution is 2.20. The van der Waals surface area contributed by atoms with Gasteiger partial charge in [0.1, 0.15) is 22.9 Å².